The molecule has 1 atom stereocenters. The quantitative estimate of drug-likeness (QED) is 0.492. The Balaban J connectivity index is 1.77. The highest BCUT2D eigenvalue weighted by atomic mass is 19.2. The number of nitrogens with one attached hydrogen (secondary N) is 1. The van der Waals surface area contributed by atoms with E-state index in [-0.39, 0.29) is 17.3 Å². The summed E-state index contributed by atoms with van der Waals surface area (Å²) in [5, 5.41) is 3.79. The van der Waals surface area contributed by atoms with Crippen molar-refractivity contribution in [1.82, 2.24) is 15.3 Å². The molecule has 7 heteroatoms. The van der Waals surface area contributed by atoms with E-state index in [1.165, 1.54) is 30.3 Å². The molecular weight excluding hydrogens is 401 g/mol. The highest BCUT2D eigenvalue weighted by Gasteiger charge is 2.27. The van der Waals surface area contributed by atoms with Crippen LogP contribution >= 0.6 is 0 Å². The van der Waals surface area contributed by atoms with Crippen molar-refractivity contribution in [3.05, 3.63) is 84.2 Å². The largest absolute Gasteiger partial charge is 0.315 e. The molecule has 0 spiro atoms. The molecule has 0 bridgehead atoms. The number of benzene rings is 3. The first-order valence-electron chi connectivity index (χ1n) is 10.1. The number of halogens is 3. The van der Waals surface area contributed by atoms with Gasteiger partial charge in [-0.2, -0.15) is 0 Å². The first kappa shape index (κ1) is 19.5. The van der Waals surface area contributed by atoms with Crippen LogP contribution in [0, 0.1) is 17.5 Å². The van der Waals surface area contributed by atoms with Gasteiger partial charge < -0.3 is 10.2 Å². The lowest BCUT2D eigenvalue weighted by molar-refractivity contribution is 0.511. The maximum absolute atomic E-state index is 14.7. The van der Waals surface area contributed by atoms with Gasteiger partial charge >= 0.3 is 0 Å². The van der Waals surface area contributed by atoms with E-state index in [0.29, 0.717) is 16.9 Å². The SMILES string of the molecule is Fc1ccc2c(-c3cccc(F)c3F)nc(N(c3ccccc3)C3CCNC3)nc2c1. The van der Waals surface area contributed by atoms with Gasteiger partial charge in [0.05, 0.1) is 17.3 Å². The van der Waals surface area contributed by atoms with Crippen molar-refractivity contribution in [3.63, 3.8) is 0 Å². The molecule has 4 aromatic rings. The summed E-state index contributed by atoms with van der Waals surface area (Å²) in [6.45, 7) is 1.57. The summed E-state index contributed by atoms with van der Waals surface area (Å²) in [5.74, 6) is -2.10. The summed E-state index contributed by atoms with van der Waals surface area (Å²) in [5.41, 5.74) is 1.44. The topological polar surface area (TPSA) is 41.1 Å². The van der Waals surface area contributed by atoms with Crippen LogP contribution < -0.4 is 10.2 Å². The molecule has 0 amide bonds. The van der Waals surface area contributed by atoms with Gasteiger partial charge in [0.25, 0.3) is 0 Å². The first-order valence-corrected chi connectivity index (χ1v) is 10.1. The normalized spacial score (nSPS) is 16.0. The predicted molar refractivity (Wildman–Crippen MR) is 115 cm³/mol. The second-order valence-corrected chi connectivity index (χ2v) is 7.49. The van der Waals surface area contributed by atoms with Crippen molar-refractivity contribution in [1.29, 1.82) is 0 Å². The number of aromatic nitrogens is 2. The summed E-state index contributed by atoms with van der Waals surface area (Å²) in [6, 6.07) is 17.7. The van der Waals surface area contributed by atoms with E-state index in [9.17, 15) is 13.2 Å². The van der Waals surface area contributed by atoms with Crippen LogP contribution in [-0.4, -0.2) is 29.1 Å². The number of nitrogens with zero attached hydrogens (tertiary/aromatic N) is 3. The number of rotatable bonds is 4. The molecule has 1 N–H and O–H groups in total. The molecule has 0 aliphatic carbocycles. The second-order valence-electron chi connectivity index (χ2n) is 7.49. The third-order valence-electron chi connectivity index (χ3n) is 5.50. The lowest BCUT2D eigenvalue weighted by atomic mass is 10.1. The van der Waals surface area contributed by atoms with Crippen LogP contribution in [0.4, 0.5) is 24.8 Å². The number of hydrogen-bond acceptors (Lipinski definition) is 4. The molecule has 1 unspecified atom stereocenters. The number of fused-ring (bicyclic) bond motifs is 1. The molecule has 1 aromatic heterocycles. The van der Waals surface area contributed by atoms with Crippen LogP contribution in [0.3, 0.4) is 0 Å². The van der Waals surface area contributed by atoms with Gasteiger partial charge in [-0.1, -0.05) is 24.3 Å². The summed E-state index contributed by atoms with van der Waals surface area (Å²) >= 11 is 0. The van der Waals surface area contributed by atoms with E-state index in [1.807, 2.05) is 35.2 Å². The minimum Gasteiger partial charge on any atom is -0.315 e. The van der Waals surface area contributed by atoms with Gasteiger partial charge in [-0.05, 0) is 49.4 Å². The molecule has 0 saturated carbocycles. The Morgan fingerprint density at radius 1 is 0.903 bits per heavy atom. The van der Waals surface area contributed by atoms with Crippen molar-refractivity contribution in [3.8, 4) is 11.3 Å². The van der Waals surface area contributed by atoms with Gasteiger partial charge in [0.1, 0.15) is 5.82 Å². The van der Waals surface area contributed by atoms with Crippen molar-refractivity contribution in [2.45, 2.75) is 12.5 Å². The first-order chi connectivity index (χ1) is 15.1. The maximum Gasteiger partial charge on any atom is 0.231 e. The van der Waals surface area contributed by atoms with Gasteiger partial charge in [0, 0.05) is 29.2 Å². The highest BCUT2D eigenvalue weighted by Crippen LogP contribution is 2.34. The van der Waals surface area contributed by atoms with Crippen LogP contribution in [0.15, 0.2) is 66.7 Å². The average molecular weight is 420 g/mol. The van der Waals surface area contributed by atoms with E-state index in [2.05, 4.69) is 15.3 Å². The van der Waals surface area contributed by atoms with Crippen molar-refractivity contribution in [2.24, 2.45) is 0 Å². The molecule has 5 rings (SSSR count). The van der Waals surface area contributed by atoms with Gasteiger partial charge in [-0.3, -0.25) is 0 Å². The Bertz CT molecular complexity index is 1240. The summed E-state index contributed by atoms with van der Waals surface area (Å²) < 4.78 is 42.8. The third kappa shape index (κ3) is 3.61. The molecular formula is C24H19F3N4. The standard InChI is InChI=1S/C24H19F3N4/c25-15-9-10-18-21(13-15)29-24(30-23(18)19-7-4-8-20(26)22(19)27)31(17-11-12-28-14-17)16-5-2-1-3-6-16/h1-10,13,17,28H,11-12,14H2. The van der Waals surface area contributed by atoms with E-state index in [0.717, 1.165) is 31.3 Å². The Hall–Kier alpha value is -3.45. The van der Waals surface area contributed by atoms with Crippen molar-refractivity contribution < 1.29 is 13.2 Å². The summed E-state index contributed by atoms with van der Waals surface area (Å²) in [6.07, 6.45) is 0.864. The van der Waals surface area contributed by atoms with Crippen LogP contribution in [0.1, 0.15) is 6.42 Å². The fraction of sp³-hybridized carbons (Fsp3) is 0.167. The van der Waals surface area contributed by atoms with Gasteiger partial charge in [-0.15, -0.1) is 0 Å². The van der Waals surface area contributed by atoms with Crippen LogP contribution in [-0.2, 0) is 0 Å². The zero-order valence-electron chi connectivity index (χ0n) is 16.5. The zero-order chi connectivity index (χ0) is 21.4. The lowest BCUT2D eigenvalue weighted by Crippen LogP contribution is -2.34. The Morgan fingerprint density at radius 2 is 1.74 bits per heavy atom. The van der Waals surface area contributed by atoms with E-state index < -0.39 is 17.5 Å². The Kier molecular flexibility index (Phi) is 5.03. The molecule has 1 saturated heterocycles. The van der Waals surface area contributed by atoms with Crippen molar-refractivity contribution >= 4 is 22.5 Å². The summed E-state index contributed by atoms with van der Waals surface area (Å²) in [7, 11) is 0. The fourth-order valence-electron chi connectivity index (χ4n) is 4.03. The minimum atomic E-state index is -0.994. The van der Waals surface area contributed by atoms with E-state index >= 15 is 0 Å². The fourth-order valence-corrected chi connectivity index (χ4v) is 4.03. The maximum atomic E-state index is 14.7. The zero-order valence-corrected chi connectivity index (χ0v) is 16.5. The molecule has 156 valence electrons. The third-order valence-corrected chi connectivity index (χ3v) is 5.50. The highest BCUT2D eigenvalue weighted by molar-refractivity contribution is 5.93. The van der Waals surface area contributed by atoms with Crippen LogP contribution in [0.25, 0.3) is 22.2 Å². The van der Waals surface area contributed by atoms with Gasteiger partial charge in [0.2, 0.25) is 5.95 Å². The Morgan fingerprint density at radius 3 is 2.52 bits per heavy atom. The minimum absolute atomic E-state index is 0.0119. The second kappa shape index (κ2) is 8.00. The smallest absolute Gasteiger partial charge is 0.231 e. The predicted octanol–water partition coefficient (Wildman–Crippen LogP) is 5.21. The molecule has 0 radical (unpaired) electrons. The molecule has 1 fully saturated rings. The molecule has 1 aliphatic rings. The van der Waals surface area contributed by atoms with Crippen LogP contribution in [0.2, 0.25) is 0 Å². The van der Waals surface area contributed by atoms with Gasteiger partial charge in [0.15, 0.2) is 11.6 Å². The van der Waals surface area contributed by atoms with E-state index in [4.69, 9.17) is 0 Å². The lowest BCUT2D eigenvalue weighted by Gasteiger charge is -2.29. The number of anilines is 2. The number of hydrogen-bond donors (Lipinski definition) is 1. The molecule has 4 nitrogen and oxygen atoms in total. The van der Waals surface area contributed by atoms with Crippen molar-refractivity contribution in [2.75, 3.05) is 18.0 Å². The number of para-hydroxylation sites is 1. The Labute approximate surface area is 177 Å². The average Bonchev–Trinajstić information content (AvgIpc) is 3.30. The van der Waals surface area contributed by atoms with E-state index in [1.54, 1.807) is 0 Å². The van der Waals surface area contributed by atoms with Gasteiger partial charge in [-0.25, -0.2) is 23.1 Å². The van der Waals surface area contributed by atoms with Crippen LogP contribution in [0.5, 0.6) is 0 Å². The molecule has 2 heterocycles. The molecule has 1 aliphatic heterocycles. The monoisotopic (exact) mass is 420 g/mol. The molecule has 31 heavy (non-hydrogen) atoms. The molecule has 3 aromatic carbocycles. The summed E-state index contributed by atoms with van der Waals surface area (Å²) in [4.78, 5) is 11.3.